The summed E-state index contributed by atoms with van der Waals surface area (Å²) in [5.41, 5.74) is 0. The predicted octanol–water partition coefficient (Wildman–Crippen LogP) is 2.19. The van der Waals surface area contributed by atoms with E-state index in [1.54, 1.807) is 0 Å². The van der Waals surface area contributed by atoms with Crippen LogP contribution in [0.3, 0.4) is 0 Å². The van der Waals surface area contributed by atoms with E-state index < -0.39 is 0 Å². The molecule has 14 heavy (non-hydrogen) atoms. The molecule has 0 aromatic carbocycles. The molecule has 0 bridgehead atoms. The van der Waals surface area contributed by atoms with E-state index in [-0.39, 0.29) is 0 Å². The van der Waals surface area contributed by atoms with Crippen molar-refractivity contribution in [1.29, 1.82) is 0 Å². The molecular weight excluding hydrogens is 174 g/mol. The largest absolute Gasteiger partial charge is 0.384 e. The molecule has 2 atom stereocenters. The number of hydrogen-bond acceptors (Lipinski definition) is 2. The lowest BCUT2D eigenvalue weighted by molar-refractivity contribution is 0.100. The fourth-order valence-corrected chi connectivity index (χ4v) is 3.24. The van der Waals surface area contributed by atoms with E-state index >= 15 is 0 Å². The lowest BCUT2D eigenvalue weighted by Gasteiger charge is -2.28. The van der Waals surface area contributed by atoms with Crippen molar-refractivity contribution in [2.75, 3.05) is 20.3 Å². The van der Waals surface area contributed by atoms with Crippen molar-refractivity contribution in [1.82, 2.24) is 5.32 Å². The van der Waals surface area contributed by atoms with E-state index in [0.717, 1.165) is 24.5 Å². The molecule has 0 amide bonds. The van der Waals surface area contributed by atoms with Gasteiger partial charge in [0.25, 0.3) is 0 Å². The third-order valence-electron chi connectivity index (χ3n) is 3.98. The molecule has 1 aliphatic heterocycles. The fourth-order valence-electron chi connectivity index (χ4n) is 3.24. The molecule has 2 unspecified atom stereocenters. The van der Waals surface area contributed by atoms with E-state index in [1.165, 1.54) is 45.1 Å². The van der Waals surface area contributed by atoms with Crippen LogP contribution in [0.25, 0.3) is 0 Å². The molecule has 1 saturated heterocycles. The maximum Gasteiger partial charge on any atom is 0.0508 e. The highest BCUT2D eigenvalue weighted by atomic mass is 16.5. The Morgan fingerprint density at radius 3 is 2.57 bits per heavy atom. The Labute approximate surface area is 87.4 Å². The summed E-state index contributed by atoms with van der Waals surface area (Å²) in [5, 5.41) is 3.64. The zero-order valence-electron chi connectivity index (χ0n) is 9.30. The molecule has 0 radical (unpaired) electrons. The van der Waals surface area contributed by atoms with Crippen LogP contribution in [0.4, 0.5) is 0 Å². The van der Waals surface area contributed by atoms with Gasteiger partial charge in [-0.05, 0) is 25.3 Å². The minimum absolute atomic E-state index is 0.748. The Balaban J connectivity index is 1.91. The van der Waals surface area contributed by atoms with Crippen LogP contribution in [0.15, 0.2) is 0 Å². The van der Waals surface area contributed by atoms with Crippen LogP contribution in [0.2, 0.25) is 0 Å². The zero-order valence-corrected chi connectivity index (χ0v) is 9.30. The van der Waals surface area contributed by atoms with E-state index in [2.05, 4.69) is 5.32 Å². The summed E-state index contributed by atoms with van der Waals surface area (Å²) < 4.78 is 5.39. The first kappa shape index (κ1) is 10.4. The van der Waals surface area contributed by atoms with Gasteiger partial charge >= 0.3 is 0 Å². The van der Waals surface area contributed by atoms with Gasteiger partial charge in [0.2, 0.25) is 0 Å². The Hall–Kier alpha value is -0.0800. The lowest BCUT2D eigenvalue weighted by Crippen LogP contribution is -2.37. The molecule has 2 nitrogen and oxygen atoms in total. The van der Waals surface area contributed by atoms with Crippen LogP contribution in [-0.4, -0.2) is 26.3 Å². The van der Waals surface area contributed by atoms with Gasteiger partial charge in [0.15, 0.2) is 0 Å². The highest BCUT2D eigenvalue weighted by Gasteiger charge is 2.32. The second-order valence-corrected chi connectivity index (χ2v) is 4.87. The monoisotopic (exact) mass is 197 g/mol. The van der Waals surface area contributed by atoms with Crippen molar-refractivity contribution in [3.05, 3.63) is 0 Å². The fraction of sp³-hybridized carbons (Fsp3) is 1.00. The molecule has 2 rings (SSSR count). The summed E-state index contributed by atoms with van der Waals surface area (Å²) in [6, 6.07) is 0.748. The van der Waals surface area contributed by atoms with E-state index in [9.17, 15) is 0 Å². The molecule has 1 N–H and O–H groups in total. The minimum Gasteiger partial charge on any atom is -0.384 e. The number of hydrogen-bond donors (Lipinski definition) is 1. The van der Waals surface area contributed by atoms with Gasteiger partial charge in [-0.15, -0.1) is 0 Å². The molecule has 1 heterocycles. The van der Waals surface area contributed by atoms with Crippen molar-refractivity contribution < 1.29 is 4.74 Å². The molecule has 82 valence electrons. The summed E-state index contributed by atoms with van der Waals surface area (Å²) in [4.78, 5) is 0. The summed E-state index contributed by atoms with van der Waals surface area (Å²) in [6.45, 7) is 2.18. The normalized spacial score (nSPS) is 31.1. The predicted molar refractivity (Wildman–Crippen MR) is 58.3 cm³/mol. The number of ether oxygens (including phenoxy) is 1. The summed E-state index contributed by atoms with van der Waals surface area (Å²) >= 11 is 0. The number of methoxy groups -OCH3 is 1. The van der Waals surface area contributed by atoms with Gasteiger partial charge in [-0.2, -0.15) is 0 Å². The molecule has 0 aromatic heterocycles. The average molecular weight is 197 g/mol. The van der Waals surface area contributed by atoms with Crippen LogP contribution >= 0.6 is 0 Å². The highest BCUT2D eigenvalue weighted by molar-refractivity contribution is 4.87. The number of nitrogens with one attached hydrogen (secondary N) is 1. The molecular formula is C12H23NO. The molecule has 1 aliphatic carbocycles. The van der Waals surface area contributed by atoms with E-state index in [1.807, 2.05) is 7.11 Å². The van der Waals surface area contributed by atoms with Gasteiger partial charge in [-0.1, -0.05) is 25.7 Å². The smallest absolute Gasteiger partial charge is 0.0508 e. The Morgan fingerprint density at radius 1 is 1.21 bits per heavy atom. The van der Waals surface area contributed by atoms with Gasteiger partial charge in [0.05, 0.1) is 6.61 Å². The van der Waals surface area contributed by atoms with Crippen LogP contribution in [0, 0.1) is 11.8 Å². The van der Waals surface area contributed by atoms with Crippen molar-refractivity contribution >= 4 is 0 Å². The maximum absolute atomic E-state index is 5.39. The SMILES string of the molecule is COCC(C1CCCC1)C1CCCN1. The standard InChI is InChI=1S/C12H23NO/c1-14-9-11(10-5-2-3-6-10)12-7-4-8-13-12/h10-13H,2-9H2,1H3. The molecule has 1 saturated carbocycles. The molecule has 2 aliphatic rings. The van der Waals surface area contributed by atoms with E-state index in [0.29, 0.717) is 0 Å². The summed E-state index contributed by atoms with van der Waals surface area (Å²) in [6.07, 6.45) is 8.48. The maximum atomic E-state index is 5.39. The van der Waals surface area contributed by atoms with Crippen molar-refractivity contribution in [2.24, 2.45) is 11.8 Å². The van der Waals surface area contributed by atoms with Crippen molar-refractivity contribution in [2.45, 2.75) is 44.6 Å². The van der Waals surface area contributed by atoms with Crippen molar-refractivity contribution in [3.63, 3.8) is 0 Å². The zero-order chi connectivity index (χ0) is 9.80. The third-order valence-corrected chi connectivity index (χ3v) is 3.98. The Kier molecular flexibility index (Phi) is 3.82. The lowest BCUT2D eigenvalue weighted by atomic mass is 9.84. The van der Waals surface area contributed by atoms with Crippen molar-refractivity contribution in [3.8, 4) is 0 Å². The van der Waals surface area contributed by atoms with Gasteiger partial charge in [0.1, 0.15) is 0 Å². The highest BCUT2D eigenvalue weighted by Crippen LogP contribution is 2.35. The molecule has 2 fully saturated rings. The third kappa shape index (κ3) is 2.29. The average Bonchev–Trinajstić information content (AvgIpc) is 2.87. The first-order valence-electron chi connectivity index (χ1n) is 6.14. The van der Waals surface area contributed by atoms with Crippen LogP contribution in [0.5, 0.6) is 0 Å². The minimum atomic E-state index is 0.748. The Bertz CT molecular complexity index is 144. The van der Waals surface area contributed by atoms with Gasteiger partial charge in [0, 0.05) is 19.1 Å². The van der Waals surface area contributed by atoms with Crippen LogP contribution in [-0.2, 0) is 4.74 Å². The Morgan fingerprint density at radius 2 is 2.00 bits per heavy atom. The molecule has 0 aromatic rings. The van der Waals surface area contributed by atoms with Crippen LogP contribution in [0.1, 0.15) is 38.5 Å². The van der Waals surface area contributed by atoms with E-state index in [4.69, 9.17) is 4.74 Å². The summed E-state index contributed by atoms with van der Waals surface area (Å²) in [5.74, 6) is 1.72. The second kappa shape index (κ2) is 5.13. The molecule has 0 spiro atoms. The number of rotatable bonds is 4. The molecule has 2 heteroatoms. The van der Waals surface area contributed by atoms with Crippen LogP contribution < -0.4 is 5.32 Å². The summed E-state index contributed by atoms with van der Waals surface area (Å²) in [7, 11) is 1.84. The second-order valence-electron chi connectivity index (χ2n) is 4.87. The topological polar surface area (TPSA) is 21.3 Å². The quantitative estimate of drug-likeness (QED) is 0.746. The van der Waals surface area contributed by atoms with Gasteiger partial charge in [-0.25, -0.2) is 0 Å². The first-order valence-corrected chi connectivity index (χ1v) is 6.14. The first-order chi connectivity index (χ1) is 6.92. The van der Waals surface area contributed by atoms with Gasteiger partial charge < -0.3 is 10.1 Å². The van der Waals surface area contributed by atoms with Gasteiger partial charge in [-0.3, -0.25) is 0 Å².